The lowest BCUT2D eigenvalue weighted by Gasteiger charge is -2.16. The van der Waals surface area contributed by atoms with Crippen molar-refractivity contribution >= 4 is 27.3 Å². The van der Waals surface area contributed by atoms with Gasteiger partial charge in [-0.1, -0.05) is 24.3 Å². The highest BCUT2D eigenvalue weighted by Gasteiger charge is 2.28. The summed E-state index contributed by atoms with van der Waals surface area (Å²) in [6, 6.07) is 14.0. The van der Waals surface area contributed by atoms with Crippen LogP contribution < -0.4 is 5.14 Å². The lowest BCUT2D eigenvalue weighted by atomic mass is 10.0. The first-order chi connectivity index (χ1) is 19.6. The summed E-state index contributed by atoms with van der Waals surface area (Å²) in [4.78, 5) is 15.4. The number of rotatable bonds is 9. The Hall–Kier alpha value is -4.13. The maximum absolute atomic E-state index is 14.8. The van der Waals surface area contributed by atoms with Gasteiger partial charge in [0.1, 0.15) is 15.7 Å². The Kier molecular flexibility index (Phi) is 6.84. The van der Waals surface area contributed by atoms with E-state index in [0.717, 1.165) is 52.9 Å². The summed E-state index contributed by atoms with van der Waals surface area (Å²) in [7, 11) is -2.34. The van der Waals surface area contributed by atoms with Crippen LogP contribution in [0.15, 0.2) is 71.2 Å². The minimum Gasteiger partial charge on any atom is -0.476 e. The molecular formula is C29H26FN5O4S2. The number of sulfonamides is 1. The maximum Gasteiger partial charge on any atom is 0.355 e. The van der Waals surface area contributed by atoms with Crippen LogP contribution in [0.25, 0.3) is 33.0 Å². The third-order valence-electron chi connectivity index (χ3n) is 7.18. The number of carboxylic acids is 1. The highest BCUT2D eigenvalue weighted by Crippen LogP contribution is 2.41. The topological polar surface area (TPSA) is 133 Å². The van der Waals surface area contributed by atoms with Crippen LogP contribution in [0, 0.1) is 11.7 Å². The number of nitrogens with zero attached hydrogens (tertiary/aromatic N) is 4. The second-order valence-corrected chi connectivity index (χ2v) is 12.6. The van der Waals surface area contributed by atoms with Gasteiger partial charge in [0, 0.05) is 47.7 Å². The molecule has 3 heterocycles. The quantitative estimate of drug-likeness (QED) is 0.243. The van der Waals surface area contributed by atoms with Gasteiger partial charge in [-0.05, 0) is 66.1 Å². The van der Waals surface area contributed by atoms with E-state index in [1.165, 1.54) is 28.8 Å². The largest absolute Gasteiger partial charge is 0.476 e. The molecule has 9 nitrogen and oxygen atoms in total. The lowest BCUT2D eigenvalue weighted by molar-refractivity contribution is 0.0691. The summed E-state index contributed by atoms with van der Waals surface area (Å²) in [5.74, 6) is -1.52. The van der Waals surface area contributed by atoms with Crippen LogP contribution in [0.3, 0.4) is 0 Å². The molecule has 1 fully saturated rings. The van der Waals surface area contributed by atoms with E-state index in [1.54, 1.807) is 16.9 Å². The zero-order chi connectivity index (χ0) is 28.9. The van der Waals surface area contributed by atoms with Gasteiger partial charge in [0.25, 0.3) is 0 Å². The van der Waals surface area contributed by atoms with Crippen molar-refractivity contribution in [2.24, 2.45) is 18.1 Å². The van der Waals surface area contributed by atoms with Gasteiger partial charge in [0.15, 0.2) is 5.69 Å². The number of thiazole rings is 1. The molecule has 210 valence electrons. The van der Waals surface area contributed by atoms with E-state index < -0.39 is 26.7 Å². The molecule has 41 heavy (non-hydrogen) atoms. The first-order valence-electron chi connectivity index (χ1n) is 12.9. The number of aromatic carboxylic acids is 1. The number of hydrogen-bond acceptors (Lipinski definition) is 6. The first kappa shape index (κ1) is 27.1. The molecule has 5 aromatic rings. The molecule has 0 saturated heterocycles. The van der Waals surface area contributed by atoms with Crippen LogP contribution in [0.2, 0.25) is 0 Å². The Morgan fingerprint density at radius 1 is 1.15 bits per heavy atom. The van der Waals surface area contributed by atoms with Crippen LogP contribution in [0.1, 0.15) is 34.6 Å². The van der Waals surface area contributed by atoms with Crippen molar-refractivity contribution in [3.8, 4) is 33.0 Å². The number of carboxylic acid groups (broad SMARTS) is 1. The number of aryl methyl sites for hydroxylation is 1. The zero-order valence-electron chi connectivity index (χ0n) is 22.0. The molecular weight excluding hydrogens is 565 g/mol. The predicted octanol–water partition coefficient (Wildman–Crippen LogP) is 5.16. The molecule has 0 radical (unpaired) electrons. The molecule has 0 amide bonds. The van der Waals surface area contributed by atoms with Crippen LogP contribution in [0.5, 0.6) is 0 Å². The number of nitrogens with two attached hydrogens (primary N) is 1. The Bertz CT molecular complexity index is 1900. The molecule has 1 aliphatic rings. The molecule has 1 aliphatic carbocycles. The molecule has 0 aliphatic heterocycles. The predicted molar refractivity (Wildman–Crippen MR) is 153 cm³/mol. The van der Waals surface area contributed by atoms with Crippen LogP contribution in [-0.2, 0) is 30.0 Å². The van der Waals surface area contributed by atoms with E-state index in [-0.39, 0.29) is 12.2 Å². The van der Waals surface area contributed by atoms with Crippen molar-refractivity contribution in [2.45, 2.75) is 30.7 Å². The maximum atomic E-state index is 14.8. The Morgan fingerprint density at radius 2 is 1.93 bits per heavy atom. The number of carbonyl (C=O) groups is 1. The Balaban J connectivity index is 1.52. The Labute approximate surface area is 239 Å². The van der Waals surface area contributed by atoms with Crippen LogP contribution in [-0.4, -0.2) is 38.8 Å². The van der Waals surface area contributed by atoms with Gasteiger partial charge in [-0.2, -0.15) is 5.10 Å². The third kappa shape index (κ3) is 5.58. The van der Waals surface area contributed by atoms with E-state index in [0.29, 0.717) is 16.5 Å². The second-order valence-electron chi connectivity index (χ2n) is 10.3. The van der Waals surface area contributed by atoms with Gasteiger partial charge in [0.2, 0.25) is 10.0 Å². The first-order valence-corrected chi connectivity index (χ1v) is 15.3. The monoisotopic (exact) mass is 591 g/mol. The number of primary sulfonamides is 1. The molecule has 0 bridgehead atoms. The van der Waals surface area contributed by atoms with E-state index in [9.17, 15) is 22.7 Å². The molecule has 1 saturated carbocycles. The molecule has 6 rings (SSSR count). The zero-order valence-corrected chi connectivity index (χ0v) is 23.6. The van der Waals surface area contributed by atoms with E-state index >= 15 is 0 Å². The molecule has 2 aromatic carbocycles. The van der Waals surface area contributed by atoms with E-state index in [4.69, 9.17) is 5.14 Å². The minimum atomic E-state index is -4.20. The second kappa shape index (κ2) is 10.4. The van der Waals surface area contributed by atoms with Crippen molar-refractivity contribution in [3.63, 3.8) is 0 Å². The van der Waals surface area contributed by atoms with E-state index in [2.05, 4.69) is 20.7 Å². The summed E-state index contributed by atoms with van der Waals surface area (Å²) in [5, 5.41) is 21.1. The average molecular weight is 592 g/mol. The number of aromatic nitrogens is 4. The van der Waals surface area contributed by atoms with Gasteiger partial charge in [-0.15, -0.1) is 11.3 Å². The smallest absolute Gasteiger partial charge is 0.355 e. The summed E-state index contributed by atoms with van der Waals surface area (Å²) >= 11 is 1.27. The fourth-order valence-electron chi connectivity index (χ4n) is 4.99. The Morgan fingerprint density at radius 3 is 2.56 bits per heavy atom. The third-order valence-corrected chi connectivity index (χ3v) is 9.00. The number of halogens is 1. The van der Waals surface area contributed by atoms with Crippen molar-refractivity contribution in [2.75, 3.05) is 0 Å². The number of benzene rings is 2. The summed E-state index contributed by atoms with van der Waals surface area (Å²) in [5.41, 5.74) is 6.03. The lowest BCUT2D eigenvalue weighted by Crippen LogP contribution is -2.14. The summed E-state index contributed by atoms with van der Waals surface area (Å²) < 4.78 is 42.2. The van der Waals surface area contributed by atoms with Gasteiger partial charge in [-0.25, -0.2) is 27.7 Å². The van der Waals surface area contributed by atoms with Gasteiger partial charge in [-0.3, -0.25) is 4.68 Å². The highest BCUT2D eigenvalue weighted by molar-refractivity contribution is 7.89. The molecule has 12 heteroatoms. The van der Waals surface area contributed by atoms with Gasteiger partial charge in [0.05, 0.1) is 6.20 Å². The minimum absolute atomic E-state index is 0.0177. The van der Waals surface area contributed by atoms with Crippen molar-refractivity contribution in [1.29, 1.82) is 0 Å². The summed E-state index contributed by atoms with van der Waals surface area (Å²) in [6.45, 7) is 0.257. The van der Waals surface area contributed by atoms with Crippen molar-refractivity contribution in [3.05, 3.63) is 89.1 Å². The molecule has 3 aromatic heterocycles. The normalized spacial score (nSPS) is 13.5. The van der Waals surface area contributed by atoms with Crippen LogP contribution >= 0.6 is 11.3 Å². The molecule has 0 atom stereocenters. The standard InChI is InChI=1S/C29H26FN5O4S2/c1-34-15-21(13-32-34)19-3-2-4-20(11-19)25-12-22(28-33-24(16-40-28)29(36)37)26(10-17-5-6-17)35(25)14-18-7-8-27(23(30)9-18)41(31,38)39/h2-4,7-9,11-13,15-17H,5-6,10,14H2,1H3,(H,36,37)(H2,31,38,39). The van der Waals surface area contributed by atoms with Crippen molar-refractivity contribution < 1.29 is 22.7 Å². The average Bonchev–Trinajstić information content (AvgIpc) is 3.27. The summed E-state index contributed by atoms with van der Waals surface area (Å²) in [6.07, 6.45) is 6.65. The van der Waals surface area contributed by atoms with Gasteiger partial charge >= 0.3 is 5.97 Å². The SMILES string of the molecule is Cn1cc(-c2cccc(-c3cc(-c4nc(C(=O)O)cs4)c(CC4CC4)n3Cc3ccc(S(N)(=O)=O)c(F)c3)c2)cn1. The highest BCUT2D eigenvalue weighted by atomic mass is 32.2. The van der Waals surface area contributed by atoms with E-state index in [1.807, 2.05) is 37.5 Å². The molecule has 0 unspecified atom stereocenters. The number of hydrogen-bond donors (Lipinski definition) is 2. The molecule has 0 spiro atoms. The fourth-order valence-corrected chi connectivity index (χ4v) is 6.41. The molecule has 3 N–H and O–H groups in total. The van der Waals surface area contributed by atoms with Crippen LogP contribution in [0.4, 0.5) is 4.39 Å². The van der Waals surface area contributed by atoms with Gasteiger partial charge < -0.3 is 9.67 Å². The van der Waals surface area contributed by atoms with Crippen molar-refractivity contribution in [1.82, 2.24) is 19.3 Å². The fraction of sp³-hybridized carbons (Fsp3) is 0.207.